The van der Waals surface area contributed by atoms with Crippen molar-refractivity contribution in [2.24, 2.45) is 5.73 Å². The van der Waals surface area contributed by atoms with Crippen LogP contribution >= 0.6 is 11.8 Å². The summed E-state index contributed by atoms with van der Waals surface area (Å²) in [4.78, 5) is 11.6. The zero-order chi connectivity index (χ0) is 12.7. The highest BCUT2D eigenvalue weighted by Crippen LogP contribution is 2.23. The summed E-state index contributed by atoms with van der Waals surface area (Å²) >= 11 is 1.61. The van der Waals surface area contributed by atoms with E-state index in [0.717, 1.165) is 28.0 Å². The van der Waals surface area contributed by atoms with E-state index < -0.39 is 0 Å². The molecule has 17 heavy (non-hydrogen) atoms. The number of nitrogens with two attached hydrogens (primary N) is 1. The predicted octanol–water partition coefficient (Wildman–Crippen LogP) is 1.99. The SMILES string of the molecule is CN/C(=C(/C)SCN)c1ccc(CC=O)cc1. The highest BCUT2D eigenvalue weighted by molar-refractivity contribution is 8.03. The van der Waals surface area contributed by atoms with E-state index in [0.29, 0.717) is 12.3 Å². The number of rotatable bonds is 6. The Morgan fingerprint density at radius 3 is 2.53 bits per heavy atom. The molecular formula is C13H18N2OS. The second kappa shape index (κ2) is 7.14. The highest BCUT2D eigenvalue weighted by Gasteiger charge is 2.04. The summed E-state index contributed by atoms with van der Waals surface area (Å²) in [5, 5.41) is 3.19. The van der Waals surface area contributed by atoms with Crippen molar-refractivity contribution >= 4 is 23.7 Å². The van der Waals surface area contributed by atoms with Gasteiger partial charge in [-0.25, -0.2) is 0 Å². The minimum atomic E-state index is 0.468. The van der Waals surface area contributed by atoms with Crippen molar-refractivity contribution in [3.05, 3.63) is 40.3 Å². The van der Waals surface area contributed by atoms with Crippen LogP contribution in [0.5, 0.6) is 0 Å². The molecule has 0 fully saturated rings. The van der Waals surface area contributed by atoms with E-state index in [1.807, 2.05) is 38.2 Å². The Hall–Kier alpha value is -1.26. The molecule has 1 aromatic rings. The van der Waals surface area contributed by atoms with Gasteiger partial charge in [-0.3, -0.25) is 0 Å². The average molecular weight is 250 g/mol. The standard InChI is InChI=1S/C13H18N2OS/c1-10(17-9-14)13(15-2)12-5-3-11(4-6-12)7-8-16/h3-6,8,15H,7,9,14H2,1-2H3/b13-10-. The van der Waals surface area contributed by atoms with Gasteiger partial charge in [0.1, 0.15) is 6.29 Å². The Morgan fingerprint density at radius 1 is 1.41 bits per heavy atom. The fraction of sp³-hybridized carbons (Fsp3) is 0.308. The van der Waals surface area contributed by atoms with Gasteiger partial charge in [-0.1, -0.05) is 24.3 Å². The number of thioether (sulfide) groups is 1. The predicted molar refractivity (Wildman–Crippen MR) is 74.5 cm³/mol. The van der Waals surface area contributed by atoms with Crippen molar-refractivity contribution in [1.82, 2.24) is 5.32 Å². The second-order valence-corrected chi connectivity index (χ2v) is 4.79. The van der Waals surface area contributed by atoms with Crippen LogP contribution in [-0.4, -0.2) is 19.2 Å². The van der Waals surface area contributed by atoms with Gasteiger partial charge in [-0.2, -0.15) is 0 Å². The Bertz CT molecular complexity index is 398. The van der Waals surface area contributed by atoms with Crippen molar-refractivity contribution in [1.29, 1.82) is 0 Å². The minimum Gasteiger partial charge on any atom is -0.387 e. The van der Waals surface area contributed by atoms with E-state index in [1.54, 1.807) is 11.8 Å². The Labute approximate surface area is 106 Å². The summed E-state index contributed by atoms with van der Waals surface area (Å²) in [6.45, 7) is 2.04. The number of allylic oxidation sites excluding steroid dienone is 1. The highest BCUT2D eigenvalue weighted by atomic mass is 32.2. The second-order valence-electron chi connectivity index (χ2n) is 3.56. The van der Waals surface area contributed by atoms with E-state index in [1.165, 1.54) is 0 Å². The van der Waals surface area contributed by atoms with Gasteiger partial charge in [0.05, 0.1) is 5.70 Å². The summed E-state index contributed by atoms with van der Waals surface area (Å²) < 4.78 is 0. The smallest absolute Gasteiger partial charge is 0.124 e. The largest absolute Gasteiger partial charge is 0.387 e. The third-order valence-corrected chi connectivity index (χ3v) is 3.27. The summed E-state index contributed by atoms with van der Waals surface area (Å²) in [6.07, 6.45) is 1.38. The first-order valence-corrected chi connectivity index (χ1v) is 6.46. The van der Waals surface area contributed by atoms with Gasteiger partial charge in [-0.05, 0) is 18.1 Å². The Kier molecular flexibility index (Phi) is 5.80. The number of carbonyl (C=O) groups is 1. The molecular weight excluding hydrogens is 232 g/mol. The van der Waals surface area contributed by atoms with Crippen LogP contribution in [0, 0.1) is 0 Å². The molecule has 0 aliphatic rings. The molecule has 0 aliphatic carbocycles. The van der Waals surface area contributed by atoms with Crippen LogP contribution in [0.4, 0.5) is 0 Å². The van der Waals surface area contributed by atoms with Gasteiger partial charge < -0.3 is 15.8 Å². The molecule has 0 heterocycles. The van der Waals surface area contributed by atoms with E-state index in [9.17, 15) is 4.79 Å². The molecule has 0 aliphatic heterocycles. The normalized spacial score (nSPS) is 11.9. The molecule has 0 aromatic heterocycles. The number of hydrogen-bond acceptors (Lipinski definition) is 4. The summed E-state index contributed by atoms with van der Waals surface area (Å²) in [6, 6.07) is 7.99. The lowest BCUT2D eigenvalue weighted by Gasteiger charge is -2.11. The van der Waals surface area contributed by atoms with Crippen LogP contribution in [0.3, 0.4) is 0 Å². The maximum absolute atomic E-state index is 10.4. The monoisotopic (exact) mass is 250 g/mol. The molecule has 92 valence electrons. The van der Waals surface area contributed by atoms with Crippen molar-refractivity contribution in [3.63, 3.8) is 0 Å². The first-order chi connectivity index (χ1) is 8.22. The van der Waals surface area contributed by atoms with Crippen LogP contribution in [0.2, 0.25) is 0 Å². The quantitative estimate of drug-likeness (QED) is 0.599. The van der Waals surface area contributed by atoms with Gasteiger partial charge in [0.15, 0.2) is 0 Å². The van der Waals surface area contributed by atoms with Crippen molar-refractivity contribution in [2.45, 2.75) is 13.3 Å². The number of hydrogen-bond donors (Lipinski definition) is 2. The van der Waals surface area contributed by atoms with E-state index >= 15 is 0 Å². The summed E-state index contributed by atoms with van der Waals surface area (Å²) in [7, 11) is 1.90. The van der Waals surface area contributed by atoms with E-state index in [2.05, 4.69) is 5.32 Å². The first-order valence-electron chi connectivity index (χ1n) is 5.47. The lowest BCUT2D eigenvalue weighted by Crippen LogP contribution is -2.07. The number of benzene rings is 1. The molecule has 3 nitrogen and oxygen atoms in total. The molecule has 3 N–H and O–H groups in total. The lowest BCUT2D eigenvalue weighted by atomic mass is 10.1. The number of aldehydes is 1. The zero-order valence-corrected chi connectivity index (χ0v) is 11.0. The maximum atomic E-state index is 10.4. The third-order valence-electron chi connectivity index (χ3n) is 2.46. The Morgan fingerprint density at radius 2 is 2.06 bits per heavy atom. The first kappa shape index (κ1) is 13.8. The molecule has 0 spiro atoms. The lowest BCUT2D eigenvalue weighted by molar-refractivity contribution is -0.107. The molecule has 0 amide bonds. The van der Waals surface area contributed by atoms with Crippen molar-refractivity contribution in [3.8, 4) is 0 Å². The van der Waals surface area contributed by atoms with Gasteiger partial charge in [0, 0.05) is 24.3 Å². The van der Waals surface area contributed by atoms with Crippen LogP contribution in [-0.2, 0) is 11.2 Å². The zero-order valence-electron chi connectivity index (χ0n) is 10.2. The molecule has 0 bridgehead atoms. The van der Waals surface area contributed by atoms with E-state index in [-0.39, 0.29) is 0 Å². The molecule has 1 aromatic carbocycles. The molecule has 0 atom stereocenters. The van der Waals surface area contributed by atoms with Crippen LogP contribution in [0.1, 0.15) is 18.1 Å². The topological polar surface area (TPSA) is 55.1 Å². The maximum Gasteiger partial charge on any atom is 0.124 e. The molecule has 1 rings (SSSR count). The molecule has 0 saturated heterocycles. The molecule has 0 saturated carbocycles. The summed E-state index contributed by atoms with van der Waals surface area (Å²) in [5.41, 5.74) is 8.75. The van der Waals surface area contributed by atoms with Crippen LogP contribution < -0.4 is 11.1 Å². The van der Waals surface area contributed by atoms with E-state index in [4.69, 9.17) is 5.73 Å². The van der Waals surface area contributed by atoms with Crippen molar-refractivity contribution < 1.29 is 4.79 Å². The van der Waals surface area contributed by atoms with Gasteiger partial charge in [0.25, 0.3) is 0 Å². The van der Waals surface area contributed by atoms with Crippen molar-refractivity contribution in [2.75, 3.05) is 12.9 Å². The Balaban J connectivity index is 2.96. The fourth-order valence-electron chi connectivity index (χ4n) is 1.62. The van der Waals surface area contributed by atoms with Crippen LogP contribution in [0.15, 0.2) is 29.2 Å². The van der Waals surface area contributed by atoms with Gasteiger partial charge in [0.2, 0.25) is 0 Å². The molecule has 0 unspecified atom stereocenters. The molecule has 4 heteroatoms. The van der Waals surface area contributed by atoms with Crippen LogP contribution in [0.25, 0.3) is 5.70 Å². The average Bonchev–Trinajstić information content (AvgIpc) is 2.33. The number of nitrogens with one attached hydrogen (secondary N) is 1. The third kappa shape index (κ3) is 3.91. The van der Waals surface area contributed by atoms with Gasteiger partial charge in [-0.15, -0.1) is 11.8 Å². The minimum absolute atomic E-state index is 0.468. The summed E-state index contributed by atoms with van der Waals surface area (Å²) in [5.74, 6) is 0.570. The fourth-order valence-corrected chi connectivity index (χ4v) is 2.24. The molecule has 0 radical (unpaired) electrons. The number of carbonyl (C=O) groups excluding carboxylic acids is 1. The van der Waals surface area contributed by atoms with Gasteiger partial charge >= 0.3 is 0 Å².